The van der Waals surface area contributed by atoms with Gasteiger partial charge in [0.15, 0.2) is 23.0 Å². The molecule has 152 valence electrons. The van der Waals surface area contributed by atoms with Crippen LogP contribution in [0.15, 0.2) is 0 Å². The summed E-state index contributed by atoms with van der Waals surface area (Å²) < 4.78 is 13.8. The molecule has 0 bridgehead atoms. The minimum absolute atomic E-state index is 1.64. The summed E-state index contributed by atoms with van der Waals surface area (Å²) in [5.41, 5.74) is 16.8. The lowest BCUT2D eigenvalue weighted by Crippen LogP contribution is -2.72. The zero-order chi connectivity index (χ0) is 21.0. The molecular formula is C9H21N6O10P. The first-order chi connectivity index (χ1) is 11.9. The summed E-state index contributed by atoms with van der Waals surface area (Å²) in [7, 11) is -5.68. The van der Waals surface area contributed by atoms with Crippen LogP contribution in [0.3, 0.4) is 0 Å². The topological polar surface area (TPSA) is 313 Å². The molecule has 0 saturated heterocycles. The maximum absolute atomic E-state index is 13.8. The summed E-state index contributed by atoms with van der Waals surface area (Å²) in [6, 6.07) is 0. The molecule has 0 aromatic carbocycles. The van der Waals surface area contributed by atoms with E-state index < -0.39 is 60.7 Å². The first-order valence-corrected chi connectivity index (χ1v) is 8.12. The third-order valence-electron chi connectivity index (χ3n) is 3.79. The van der Waals surface area contributed by atoms with E-state index in [-0.39, 0.29) is 0 Å². The number of aliphatic hydroxyl groups excluding tert-OH is 3. The molecular weight excluding hydrogens is 383 g/mol. The molecule has 0 aliphatic heterocycles. The zero-order valence-corrected chi connectivity index (χ0v) is 14.1. The number of carbonyl (C=O) groups excluding carboxylic acids is 3. The van der Waals surface area contributed by atoms with Crippen molar-refractivity contribution < 1.29 is 48.8 Å². The largest absolute Gasteiger partial charge is 0.393 e. The molecule has 3 atom stereocenters. The van der Waals surface area contributed by atoms with E-state index in [2.05, 4.69) is 32.2 Å². The number of rotatable bonds is 9. The van der Waals surface area contributed by atoms with Crippen molar-refractivity contribution in [1.29, 1.82) is 0 Å². The van der Waals surface area contributed by atoms with Crippen LogP contribution < -0.4 is 34.9 Å². The fourth-order valence-corrected chi connectivity index (χ4v) is 5.92. The van der Waals surface area contributed by atoms with Crippen molar-refractivity contribution in [3.63, 3.8) is 0 Å². The molecule has 0 rings (SSSR count). The van der Waals surface area contributed by atoms with E-state index in [4.69, 9.17) is 17.2 Å². The van der Waals surface area contributed by atoms with Gasteiger partial charge in [-0.15, -0.1) is 0 Å². The quantitative estimate of drug-likeness (QED) is 0.127. The van der Waals surface area contributed by atoms with Crippen molar-refractivity contribution >= 4 is 25.0 Å². The van der Waals surface area contributed by atoms with Gasteiger partial charge in [0, 0.05) is 0 Å². The van der Waals surface area contributed by atoms with Crippen molar-refractivity contribution in [1.82, 2.24) is 0 Å². The van der Waals surface area contributed by atoms with Crippen LogP contribution >= 0.6 is 7.14 Å². The van der Waals surface area contributed by atoms with Crippen LogP contribution in [0.1, 0.15) is 0 Å². The molecule has 0 saturated carbocycles. The predicted octanol–water partition coefficient (Wildman–Crippen LogP) is -6.46. The van der Waals surface area contributed by atoms with Crippen LogP contribution in [0.2, 0.25) is 0 Å². The summed E-state index contributed by atoms with van der Waals surface area (Å²) in [6.45, 7) is -4.93. The summed E-state index contributed by atoms with van der Waals surface area (Å²) in [5, 5.41) is 18.7. The van der Waals surface area contributed by atoms with Crippen LogP contribution in [0, 0.1) is 0 Å². The lowest BCUT2D eigenvalue weighted by atomic mass is 10.3. The van der Waals surface area contributed by atoms with Crippen LogP contribution in [-0.2, 0) is 33.5 Å². The van der Waals surface area contributed by atoms with Gasteiger partial charge < -0.3 is 51.6 Å². The van der Waals surface area contributed by atoms with E-state index in [1.807, 2.05) is 0 Å². The molecule has 0 aromatic heterocycles. The Morgan fingerprint density at radius 3 is 1.00 bits per heavy atom. The number of nitrogens with two attached hydrogens (primary N) is 6. The molecule has 0 aliphatic carbocycles. The lowest BCUT2D eigenvalue weighted by molar-refractivity contribution is -0.151. The predicted molar refractivity (Wildman–Crippen MR) is 80.5 cm³/mol. The molecule has 15 N–H and O–H groups in total. The van der Waals surface area contributed by atoms with E-state index in [0.29, 0.717) is 0 Å². The number of hydrogen-bond acceptors (Lipinski definition) is 16. The number of hydrogen-bond donors (Lipinski definition) is 9. The standard InChI is InChI=1S/C9H21N6O10P/c10-7(1-16,4(19)23-13)26(22,8(11,2-17)5(20)24-14)9(12,3-18)6(21)25-15/h16-18H,1-3,10-15H2. The first-order valence-electron chi connectivity index (χ1n) is 6.41. The fourth-order valence-electron chi connectivity index (χ4n) is 2.25. The maximum Gasteiger partial charge on any atom is 0.354 e. The minimum Gasteiger partial charge on any atom is -0.393 e. The lowest BCUT2D eigenvalue weighted by Gasteiger charge is -2.48. The van der Waals surface area contributed by atoms with Crippen LogP contribution in [0.5, 0.6) is 0 Å². The first kappa shape index (κ1) is 24.3. The third kappa shape index (κ3) is 2.97. The molecule has 0 fully saturated rings. The highest BCUT2D eigenvalue weighted by atomic mass is 31.2. The molecule has 3 unspecified atom stereocenters. The molecule has 0 amide bonds. The van der Waals surface area contributed by atoms with Gasteiger partial charge in [-0.1, -0.05) is 0 Å². The van der Waals surface area contributed by atoms with Gasteiger partial charge in [0.2, 0.25) is 0 Å². The highest BCUT2D eigenvalue weighted by molar-refractivity contribution is 7.71. The third-order valence-corrected chi connectivity index (χ3v) is 8.13. The minimum atomic E-state index is -5.68. The SMILES string of the molecule is NOC(=O)C(N)(CO)P(=O)(C(N)(CO)C(=O)ON)C(N)(CO)C(=O)ON. The van der Waals surface area contributed by atoms with Crippen LogP contribution in [0.4, 0.5) is 0 Å². The Bertz CT molecular complexity index is 539. The van der Waals surface area contributed by atoms with Gasteiger partial charge in [-0.3, -0.25) is 0 Å². The van der Waals surface area contributed by atoms with Crippen molar-refractivity contribution in [2.24, 2.45) is 34.9 Å². The van der Waals surface area contributed by atoms with E-state index >= 15 is 0 Å². The fraction of sp³-hybridized carbons (Fsp3) is 0.667. The summed E-state index contributed by atoms with van der Waals surface area (Å²) in [4.78, 5) is 47.5. The molecule has 0 aromatic rings. The molecule has 26 heavy (non-hydrogen) atoms. The normalized spacial score (nSPS) is 20.5. The van der Waals surface area contributed by atoms with Gasteiger partial charge in [0.1, 0.15) is 0 Å². The van der Waals surface area contributed by atoms with Gasteiger partial charge in [-0.05, 0) is 0 Å². The Morgan fingerprint density at radius 1 is 0.692 bits per heavy atom. The van der Waals surface area contributed by atoms with E-state index in [9.17, 15) is 34.3 Å². The second-order valence-corrected chi connectivity index (χ2v) is 8.68. The molecule has 0 aliphatic rings. The van der Waals surface area contributed by atoms with Gasteiger partial charge in [-0.25, -0.2) is 14.4 Å². The Labute approximate surface area is 145 Å². The molecule has 0 spiro atoms. The summed E-state index contributed by atoms with van der Waals surface area (Å²) >= 11 is 0. The Balaban J connectivity index is 7.35. The average Bonchev–Trinajstić information content (AvgIpc) is 2.68. The van der Waals surface area contributed by atoms with Gasteiger partial charge in [0.05, 0.1) is 19.8 Å². The number of aliphatic hydroxyl groups is 3. The Kier molecular flexibility index (Phi) is 7.76. The van der Waals surface area contributed by atoms with Crippen molar-refractivity contribution in [2.75, 3.05) is 19.8 Å². The Hall–Kier alpha value is -1.72. The number of carbonyl (C=O) groups is 3. The smallest absolute Gasteiger partial charge is 0.354 e. The summed E-state index contributed by atoms with van der Waals surface area (Å²) in [6.07, 6.45) is 0. The van der Waals surface area contributed by atoms with Crippen molar-refractivity contribution in [2.45, 2.75) is 15.8 Å². The van der Waals surface area contributed by atoms with Gasteiger partial charge >= 0.3 is 17.9 Å². The highest BCUT2D eigenvalue weighted by Gasteiger charge is 2.75. The highest BCUT2D eigenvalue weighted by Crippen LogP contribution is 2.70. The molecule has 0 radical (unpaired) electrons. The zero-order valence-electron chi connectivity index (χ0n) is 13.2. The molecule has 16 nitrogen and oxygen atoms in total. The van der Waals surface area contributed by atoms with Crippen molar-refractivity contribution in [3.05, 3.63) is 0 Å². The summed E-state index contributed by atoms with van der Waals surface area (Å²) in [5.74, 6) is 8.35. The monoisotopic (exact) mass is 404 g/mol. The van der Waals surface area contributed by atoms with E-state index in [1.165, 1.54) is 0 Å². The molecule has 17 heteroatoms. The van der Waals surface area contributed by atoms with E-state index in [0.717, 1.165) is 0 Å². The van der Waals surface area contributed by atoms with Gasteiger partial charge in [-0.2, -0.15) is 17.7 Å². The maximum atomic E-state index is 13.8. The van der Waals surface area contributed by atoms with Crippen LogP contribution in [-0.4, -0.2) is 68.9 Å². The second-order valence-electron chi connectivity index (χ2n) is 5.07. The Morgan fingerprint density at radius 2 is 0.885 bits per heavy atom. The van der Waals surface area contributed by atoms with Crippen LogP contribution in [0.25, 0.3) is 0 Å². The average molecular weight is 404 g/mol. The van der Waals surface area contributed by atoms with E-state index in [1.54, 1.807) is 0 Å². The molecule has 0 heterocycles. The second kappa shape index (κ2) is 8.31. The van der Waals surface area contributed by atoms with Gasteiger partial charge in [0.25, 0.3) is 0 Å². The van der Waals surface area contributed by atoms with Crippen molar-refractivity contribution in [3.8, 4) is 0 Å².